The average Bonchev–Trinajstić information content (AvgIpc) is 2.39. The maximum atomic E-state index is 12.6. The molecule has 0 heterocycles. The molecule has 0 aromatic heterocycles. The molecule has 19 heavy (non-hydrogen) atoms. The Hall–Kier alpha value is -0.620. The number of rotatable bonds is 7. The minimum atomic E-state index is -3.60. The summed E-state index contributed by atoms with van der Waals surface area (Å²) in [6.45, 7) is 4.60. The molecule has 0 fully saturated rings. The fourth-order valence-electron chi connectivity index (χ4n) is 1.83. The van der Waals surface area contributed by atoms with Crippen molar-refractivity contribution in [3.05, 3.63) is 28.8 Å². The lowest BCUT2D eigenvalue weighted by molar-refractivity contribution is 0.281. The predicted molar refractivity (Wildman–Crippen MR) is 76.7 cm³/mol. The summed E-state index contributed by atoms with van der Waals surface area (Å²) in [5.41, 5.74) is 0.538. The molecule has 0 unspecified atom stereocenters. The van der Waals surface area contributed by atoms with Gasteiger partial charge in [0.05, 0.1) is 11.6 Å². The summed E-state index contributed by atoms with van der Waals surface area (Å²) in [6, 6.07) is 4.57. The first-order valence-electron chi connectivity index (χ1n) is 6.36. The molecule has 1 aromatic carbocycles. The van der Waals surface area contributed by atoms with Gasteiger partial charge in [-0.05, 0) is 30.5 Å². The number of nitrogens with zero attached hydrogens (tertiary/aromatic N) is 1. The van der Waals surface area contributed by atoms with Crippen molar-refractivity contribution in [3.8, 4) is 0 Å². The quantitative estimate of drug-likeness (QED) is 0.842. The van der Waals surface area contributed by atoms with E-state index in [0.717, 1.165) is 12.8 Å². The number of aliphatic hydroxyl groups is 1. The SMILES string of the molecule is CCCN(CCC)S(=O)(=O)c1cc(CO)ccc1Cl. The number of hydrogen-bond donors (Lipinski definition) is 1. The van der Waals surface area contributed by atoms with Crippen LogP contribution in [0.5, 0.6) is 0 Å². The van der Waals surface area contributed by atoms with Gasteiger partial charge in [-0.3, -0.25) is 0 Å². The summed E-state index contributed by atoms with van der Waals surface area (Å²) >= 11 is 5.99. The van der Waals surface area contributed by atoms with E-state index in [1.54, 1.807) is 6.07 Å². The molecule has 6 heteroatoms. The summed E-state index contributed by atoms with van der Waals surface area (Å²) in [7, 11) is -3.60. The number of sulfonamides is 1. The van der Waals surface area contributed by atoms with Gasteiger partial charge in [-0.2, -0.15) is 4.31 Å². The van der Waals surface area contributed by atoms with Crippen molar-refractivity contribution < 1.29 is 13.5 Å². The summed E-state index contributed by atoms with van der Waals surface area (Å²) in [4.78, 5) is 0.0719. The van der Waals surface area contributed by atoms with Gasteiger partial charge in [0.2, 0.25) is 10.0 Å². The number of aliphatic hydroxyl groups excluding tert-OH is 1. The van der Waals surface area contributed by atoms with Crippen LogP contribution in [0.4, 0.5) is 0 Å². The van der Waals surface area contributed by atoms with Crippen LogP contribution < -0.4 is 0 Å². The van der Waals surface area contributed by atoms with Gasteiger partial charge in [0.1, 0.15) is 4.90 Å². The Morgan fingerprint density at radius 1 is 1.21 bits per heavy atom. The van der Waals surface area contributed by atoms with E-state index in [1.807, 2.05) is 13.8 Å². The molecular weight excluding hydrogens is 286 g/mol. The minimum Gasteiger partial charge on any atom is -0.392 e. The number of halogens is 1. The van der Waals surface area contributed by atoms with Crippen molar-refractivity contribution in [2.75, 3.05) is 13.1 Å². The molecule has 108 valence electrons. The second kappa shape index (κ2) is 7.24. The van der Waals surface area contributed by atoms with Crippen LogP contribution in [0.15, 0.2) is 23.1 Å². The normalized spacial score (nSPS) is 12.1. The summed E-state index contributed by atoms with van der Waals surface area (Å²) in [6.07, 6.45) is 1.49. The molecule has 0 aliphatic rings. The van der Waals surface area contributed by atoms with Gasteiger partial charge in [0, 0.05) is 13.1 Å². The van der Waals surface area contributed by atoms with Crippen molar-refractivity contribution >= 4 is 21.6 Å². The van der Waals surface area contributed by atoms with Gasteiger partial charge in [0.25, 0.3) is 0 Å². The highest BCUT2D eigenvalue weighted by Crippen LogP contribution is 2.26. The van der Waals surface area contributed by atoms with Gasteiger partial charge in [-0.25, -0.2) is 8.42 Å². The first-order valence-corrected chi connectivity index (χ1v) is 8.18. The van der Waals surface area contributed by atoms with Crippen molar-refractivity contribution in [3.63, 3.8) is 0 Å². The van der Waals surface area contributed by atoms with E-state index >= 15 is 0 Å². The Morgan fingerprint density at radius 3 is 2.26 bits per heavy atom. The standard InChI is InChI=1S/C13H20ClNO3S/c1-3-7-15(8-4-2)19(17,18)13-9-11(10-16)5-6-12(13)14/h5-6,9,16H,3-4,7-8,10H2,1-2H3. The second-order valence-electron chi connectivity index (χ2n) is 4.33. The summed E-state index contributed by atoms with van der Waals surface area (Å²) in [5.74, 6) is 0. The molecule has 0 aliphatic carbocycles. The first kappa shape index (κ1) is 16.4. The van der Waals surface area contributed by atoms with Crippen molar-refractivity contribution in [1.82, 2.24) is 4.31 Å². The Balaban J connectivity index is 3.23. The molecular formula is C13H20ClNO3S. The lowest BCUT2D eigenvalue weighted by Gasteiger charge is -2.21. The molecule has 0 saturated carbocycles. The molecule has 0 spiro atoms. The Morgan fingerprint density at radius 2 is 1.79 bits per heavy atom. The highest BCUT2D eigenvalue weighted by atomic mass is 35.5. The fraction of sp³-hybridized carbons (Fsp3) is 0.538. The third-order valence-corrected chi connectivity index (χ3v) is 5.12. The molecule has 1 rings (SSSR count). The number of hydrogen-bond acceptors (Lipinski definition) is 3. The fourth-order valence-corrected chi connectivity index (χ4v) is 3.98. The minimum absolute atomic E-state index is 0.0719. The highest BCUT2D eigenvalue weighted by Gasteiger charge is 2.25. The van der Waals surface area contributed by atoms with Gasteiger partial charge in [-0.1, -0.05) is 31.5 Å². The van der Waals surface area contributed by atoms with Crippen LogP contribution in [0.2, 0.25) is 5.02 Å². The van der Waals surface area contributed by atoms with Crippen LogP contribution in [0.25, 0.3) is 0 Å². The lowest BCUT2D eigenvalue weighted by atomic mass is 10.2. The molecule has 0 amide bonds. The van der Waals surface area contributed by atoms with E-state index in [2.05, 4.69) is 0 Å². The Labute approximate surface area is 120 Å². The van der Waals surface area contributed by atoms with E-state index in [1.165, 1.54) is 16.4 Å². The van der Waals surface area contributed by atoms with Crippen molar-refractivity contribution in [2.45, 2.75) is 38.2 Å². The smallest absolute Gasteiger partial charge is 0.244 e. The molecule has 0 bridgehead atoms. The first-order chi connectivity index (χ1) is 8.97. The van der Waals surface area contributed by atoms with E-state index < -0.39 is 10.0 Å². The third-order valence-electron chi connectivity index (χ3n) is 2.74. The van der Waals surface area contributed by atoms with Crippen LogP contribution in [0, 0.1) is 0 Å². The van der Waals surface area contributed by atoms with Crippen LogP contribution in [-0.4, -0.2) is 30.9 Å². The zero-order valence-electron chi connectivity index (χ0n) is 11.3. The Bertz CT molecular complexity index is 511. The second-order valence-corrected chi connectivity index (χ2v) is 6.64. The van der Waals surface area contributed by atoms with Gasteiger partial charge in [-0.15, -0.1) is 0 Å². The molecule has 0 saturated heterocycles. The lowest BCUT2D eigenvalue weighted by Crippen LogP contribution is -2.32. The zero-order chi connectivity index (χ0) is 14.5. The molecule has 0 aliphatic heterocycles. The van der Waals surface area contributed by atoms with Crippen molar-refractivity contribution in [1.29, 1.82) is 0 Å². The highest BCUT2D eigenvalue weighted by molar-refractivity contribution is 7.89. The van der Waals surface area contributed by atoms with E-state index in [-0.39, 0.29) is 16.5 Å². The monoisotopic (exact) mass is 305 g/mol. The van der Waals surface area contributed by atoms with E-state index in [9.17, 15) is 8.42 Å². The van der Waals surface area contributed by atoms with E-state index in [4.69, 9.17) is 16.7 Å². The van der Waals surface area contributed by atoms with Crippen LogP contribution in [-0.2, 0) is 16.6 Å². The van der Waals surface area contributed by atoms with Crippen LogP contribution in [0.3, 0.4) is 0 Å². The molecule has 0 atom stereocenters. The maximum Gasteiger partial charge on any atom is 0.244 e. The van der Waals surface area contributed by atoms with Gasteiger partial charge < -0.3 is 5.11 Å². The van der Waals surface area contributed by atoms with E-state index in [0.29, 0.717) is 18.7 Å². The molecule has 0 radical (unpaired) electrons. The number of benzene rings is 1. The van der Waals surface area contributed by atoms with Crippen LogP contribution >= 0.6 is 11.6 Å². The topological polar surface area (TPSA) is 57.6 Å². The zero-order valence-corrected chi connectivity index (χ0v) is 12.8. The largest absolute Gasteiger partial charge is 0.392 e. The predicted octanol–water partition coefficient (Wildman–Crippen LogP) is 2.64. The van der Waals surface area contributed by atoms with Crippen molar-refractivity contribution in [2.24, 2.45) is 0 Å². The molecule has 1 aromatic rings. The third kappa shape index (κ3) is 3.92. The van der Waals surface area contributed by atoms with Gasteiger partial charge >= 0.3 is 0 Å². The van der Waals surface area contributed by atoms with Crippen LogP contribution in [0.1, 0.15) is 32.3 Å². The maximum absolute atomic E-state index is 12.6. The Kier molecular flexibility index (Phi) is 6.26. The molecule has 4 nitrogen and oxygen atoms in total. The summed E-state index contributed by atoms with van der Waals surface area (Å²) in [5, 5.41) is 9.30. The summed E-state index contributed by atoms with van der Waals surface area (Å²) < 4.78 is 26.6. The van der Waals surface area contributed by atoms with Gasteiger partial charge in [0.15, 0.2) is 0 Å². The average molecular weight is 306 g/mol. The molecule has 1 N–H and O–H groups in total.